The van der Waals surface area contributed by atoms with Gasteiger partial charge in [0.05, 0.1) is 19.8 Å². The van der Waals surface area contributed by atoms with Crippen molar-refractivity contribution >= 4 is 12.0 Å². The molecule has 1 amide bonds. The topological polar surface area (TPSA) is 154 Å². The summed E-state index contributed by atoms with van der Waals surface area (Å²) in [6.07, 6.45) is 1.14. The first-order valence-electron chi connectivity index (χ1n) is 6.20. The average Bonchev–Trinajstić information content (AvgIpc) is 2.53. The van der Waals surface area contributed by atoms with E-state index < -0.39 is 37.0 Å². The number of rotatable bonds is 6. The lowest BCUT2D eigenvalue weighted by Gasteiger charge is -2.28. The van der Waals surface area contributed by atoms with E-state index >= 15 is 0 Å². The van der Waals surface area contributed by atoms with Gasteiger partial charge in [-0.3, -0.25) is 4.79 Å². The van der Waals surface area contributed by atoms with Gasteiger partial charge in [-0.15, -0.1) is 0 Å². The van der Waals surface area contributed by atoms with Crippen LogP contribution in [0.2, 0.25) is 0 Å². The zero-order valence-corrected chi connectivity index (χ0v) is 11.5. The standard InChI is InChI=1S/C14H16N2O6/c15-5-10(3-9-1-2-11(20)12(21)4-9)13(22)16-14(6-17,7-18)8-19/h1-4,17-21H,6-8H2,(H,16,22)/b10-3+. The van der Waals surface area contributed by atoms with Crippen molar-refractivity contribution in [3.63, 3.8) is 0 Å². The maximum atomic E-state index is 12.0. The number of carbonyl (C=O) groups is 1. The fourth-order valence-electron chi connectivity index (χ4n) is 1.52. The highest BCUT2D eigenvalue weighted by Gasteiger charge is 2.31. The Morgan fingerprint density at radius 1 is 1.18 bits per heavy atom. The van der Waals surface area contributed by atoms with Gasteiger partial charge in [-0.2, -0.15) is 5.26 Å². The highest BCUT2D eigenvalue weighted by atomic mass is 16.3. The van der Waals surface area contributed by atoms with Gasteiger partial charge < -0.3 is 30.8 Å². The summed E-state index contributed by atoms with van der Waals surface area (Å²) in [6.45, 7) is -2.15. The molecule has 0 radical (unpaired) electrons. The van der Waals surface area contributed by atoms with Crippen LogP contribution in [0.4, 0.5) is 0 Å². The number of carbonyl (C=O) groups excluding carboxylic acids is 1. The number of aromatic hydroxyl groups is 2. The lowest BCUT2D eigenvalue weighted by molar-refractivity contribution is -0.121. The van der Waals surface area contributed by atoms with Gasteiger partial charge in [0, 0.05) is 0 Å². The van der Waals surface area contributed by atoms with E-state index in [9.17, 15) is 15.0 Å². The summed E-state index contributed by atoms with van der Waals surface area (Å²) < 4.78 is 0. The Morgan fingerprint density at radius 3 is 2.23 bits per heavy atom. The summed E-state index contributed by atoms with van der Waals surface area (Å²) in [6, 6.07) is 5.35. The Bertz CT molecular complexity index is 608. The molecule has 0 bridgehead atoms. The molecule has 0 aliphatic rings. The molecule has 0 aromatic heterocycles. The summed E-state index contributed by atoms with van der Waals surface area (Å²) >= 11 is 0. The van der Waals surface area contributed by atoms with Gasteiger partial charge in [0.1, 0.15) is 17.2 Å². The fourth-order valence-corrected chi connectivity index (χ4v) is 1.52. The third-order valence-electron chi connectivity index (χ3n) is 2.96. The van der Waals surface area contributed by atoms with Crippen LogP contribution in [0, 0.1) is 11.3 Å². The molecule has 118 valence electrons. The molecule has 0 spiro atoms. The molecular formula is C14H16N2O6. The molecule has 0 unspecified atom stereocenters. The summed E-state index contributed by atoms with van der Waals surface area (Å²) in [5.41, 5.74) is -1.74. The fraction of sp³-hybridized carbons (Fsp3) is 0.286. The van der Waals surface area contributed by atoms with E-state index in [1.54, 1.807) is 6.07 Å². The number of benzene rings is 1. The minimum absolute atomic E-state index is 0.282. The molecule has 1 aromatic rings. The van der Waals surface area contributed by atoms with E-state index in [-0.39, 0.29) is 16.9 Å². The van der Waals surface area contributed by atoms with Gasteiger partial charge in [0.25, 0.3) is 5.91 Å². The second-order valence-electron chi connectivity index (χ2n) is 4.63. The summed E-state index contributed by atoms with van der Waals surface area (Å²) in [5, 5.41) is 57.2. The molecule has 0 aliphatic carbocycles. The predicted octanol–water partition coefficient (Wildman–Crippen LogP) is -1.16. The molecule has 0 atom stereocenters. The maximum absolute atomic E-state index is 12.0. The molecule has 0 fully saturated rings. The number of nitrogens with zero attached hydrogens (tertiary/aromatic N) is 1. The Morgan fingerprint density at radius 2 is 1.77 bits per heavy atom. The third-order valence-corrected chi connectivity index (χ3v) is 2.96. The van der Waals surface area contributed by atoms with Gasteiger partial charge in [0.2, 0.25) is 0 Å². The molecule has 1 aromatic carbocycles. The number of aliphatic hydroxyl groups excluding tert-OH is 3. The second kappa shape index (κ2) is 7.42. The smallest absolute Gasteiger partial charge is 0.262 e. The molecule has 8 heteroatoms. The first-order chi connectivity index (χ1) is 10.4. The van der Waals surface area contributed by atoms with Crippen LogP contribution in [0.5, 0.6) is 11.5 Å². The van der Waals surface area contributed by atoms with Crippen molar-refractivity contribution in [2.75, 3.05) is 19.8 Å². The van der Waals surface area contributed by atoms with Crippen LogP contribution in [0.25, 0.3) is 6.08 Å². The van der Waals surface area contributed by atoms with Crippen LogP contribution in [0.15, 0.2) is 23.8 Å². The Kier molecular flexibility index (Phi) is 5.89. The highest BCUT2D eigenvalue weighted by molar-refractivity contribution is 6.02. The molecule has 0 saturated carbocycles. The third kappa shape index (κ3) is 3.95. The van der Waals surface area contributed by atoms with Crippen molar-refractivity contribution in [1.29, 1.82) is 5.26 Å². The van der Waals surface area contributed by atoms with Crippen LogP contribution in [-0.2, 0) is 4.79 Å². The molecule has 0 aliphatic heterocycles. The summed E-state index contributed by atoms with van der Waals surface area (Å²) in [5.74, 6) is -1.67. The van der Waals surface area contributed by atoms with E-state index in [1.807, 2.05) is 0 Å². The van der Waals surface area contributed by atoms with Crippen LogP contribution < -0.4 is 5.32 Å². The molecule has 6 N–H and O–H groups in total. The number of amides is 1. The van der Waals surface area contributed by atoms with E-state index in [1.165, 1.54) is 12.1 Å². The van der Waals surface area contributed by atoms with E-state index in [0.29, 0.717) is 0 Å². The highest BCUT2D eigenvalue weighted by Crippen LogP contribution is 2.25. The number of hydrogen-bond acceptors (Lipinski definition) is 7. The van der Waals surface area contributed by atoms with Gasteiger partial charge in [0.15, 0.2) is 11.5 Å². The zero-order valence-electron chi connectivity index (χ0n) is 11.5. The summed E-state index contributed by atoms with van der Waals surface area (Å²) in [7, 11) is 0. The van der Waals surface area contributed by atoms with Crippen LogP contribution in [-0.4, -0.2) is 56.8 Å². The lowest BCUT2D eigenvalue weighted by Crippen LogP contribution is -2.57. The van der Waals surface area contributed by atoms with Crippen molar-refractivity contribution in [1.82, 2.24) is 5.32 Å². The van der Waals surface area contributed by atoms with Gasteiger partial charge in [-0.05, 0) is 23.8 Å². The van der Waals surface area contributed by atoms with Gasteiger partial charge in [-0.25, -0.2) is 0 Å². The number of nitriles is 1. The first kappa shape index (κ1) is 17.5. The zero-order chi connectivity index (χ0) is 16.8. The number of nitrogens with one attached hydrogen (secondary N) is 1. The largest absolute Gasteiger partial charge is 0.504 e. The number of phenolic OH excluding ortho intramolecular Hbond substituents is 2. The molecule has 0 saturated heterocycles. The minimum Gasteiger partial charge on any atom is -0.504 e. The number of aliphatic hydroxyl groups is 3. The maximum Gasteiger partial charge on any atom is 0.262 e. The predicted molar refractivity (Wildman–Crippen MR) is 75.5 cm³/mol. The Balaban J connectivity index is 3.05. The Hall–Kier alpha value is -2.60. The molecular weight excluding hydrogens is 292 g/mol. The minimum atomic E-state index is -1.65. The summed E-state index contributed by atoms with van der Waals surface area (Å²) in [4.78, 5) is 12.0. The van der Waals surface area contributed by atoms with Crippen molar-refractivity contribution in [3.05, 3.63) is 29.3 Å². The quantitative estimate of drug-likeness (QED) is 0.220. The molecule has 22 heavy (non-hydrogen) atoms. The SMILES string of the molecule is N#C/C(=C\c1ccc(O)c(O)c1)C(=O)NC(CO)(CO)CO. The normalized spacial score (nSPS) is 11.8. The number of hydrogen-bond donors (Lipinski definition) is 6. The van der Waals surface area contributed by atoms with Crippen LogP contribution in [0.1, 0.15) is 5.56 Å². The second-order valence-corrected chi connectivity index (χ2v) is 4.63. The average molecular weight is 308 g/mol. The van der Waals surface area contributed by atoms with Crippen molar-refractivity contribution < 1.29 is 30.3 Å². The van der Waals surface area contributed by atoms with E-state index in [0.717, 1.165) is 12.1 Å². The van der Waals surface area contributed by atoms with E-state index in [2.05, 4.69) is 5.32 Å². The van der Waals surface area contributed by atoms with Crippen LogP contribution >= 0.6 is 0 Å². The lowest BCUT2D eigenvalue weighted by atomic mass is 10.0. The van der Waals surface area contributed by atoms with E-state index in [4.69, 9.17) is 20.6 Å². The monoisotopic (exact) mass is 308 g/mol. The number of phenols is 2. The van der Waals surface area contributed by atoms with Crippen molar-refractivity contribution in [3.8, 4) is 17.6 Å². The molecule has 1 rings (SSSR count). The van der Waals surface area contributed by atoms with Gasteiger partial charge >= 0.3 is 0 Å². The van der Waals surface area contributed by atoms with Crippen molar-refractivity contribution in [2.24, 2.45) is 0 Å². The van der Waals surface area contributed by atoms with Crippen LogP contribution in [0.3, 0.4) is 0 Å². The first-order valence-corrected chi connectivity index (χ1v) is 6.20. The Labute approximate surface area is 126 Å². The van der Waals surface area contributed by atoms with Crippen molar-refractivity contribution in [2.45, 2.75) is 5.54 Å². The molecule has 0 heterocycles. The van der Waals surface area contributed by atoms with Gasteiger partial charge in [-0.1, -0.05) is 6.07 Å². The molecule has 8 nitrogen and oxygen atoms in total.